The van der Waals surface area contributed by atoms with E-state index in [1.807, 2.05) is 18.2 Å². The van der Waals surface area contributed by atoms with Crippen molar-refractivity contribution in [3.8, 4) is 11.5 Å². The van der Waals surface area contributed by atoms with Gasteiger partial charge in [0.25, 0.3) is 0 Å². The van der Waals surface area contributed by atoms with Crippen molar-refractivity contribution in [1.29, 1.82) is 0 Å². The number of hydrazine groups is 1. The summed E-state index contributed by atoms with van der Waals surface area (Å²) in [5.41, 5.74) is 3.49. The van der Waals surface area contributed by atoms with Crippen LogP contribution < -0.4 is 20.7 Å². The number of hydrogen-bond donors (Lipinski definition) is 2. The minimum Gasteiger partial charge on any atom is -0.497 e. The Balaban J connectivity index is 2.41. The van der Waals surface area contributed by atoms with Gasteiger partial charge in [-0.15, -0.1) is 0 Å². The standard InChI is InChI=1S/C14H22N2O3/c1-14(7-4-8-19-14)13(16-15)11-9-10(17-2)5-6-12(11)18-3/h5-6,9,13,16H,4,7-8,15H2,1-3H3. The van der Waals surface area contributed by atoms with Gasteiger partial charge in [-0.05, 0) is 38.0 Å². The van der Waals surface area contributed by atoms with Gasteiger partial charge in [-0.1, -0.05) is 0 Å². The Kier molecular flexibility index (Phi) is 4.29. The molecule has 1 aliphatic rings. The Labute approximate surface area is 114 Å². The predicted molar refractivity (Wildman–Crippen MR) is 73.2 cm³/mol. The number of hydrogen-bond acceptors (Lipinski definition) is 5. The van der Waals surface area contributed by atoms with Crippen LogP contribution in [-0.4, -0.2) is 26.4 Å². The molecule has 0 aromatic heterocycles. The first-order valence-corrected chi connectivity index (χ1v) is 6.46. The van der Waals surface area contributed by atoms with Crippen molar-refractivity contribution < 1.29 is 14.2 Å². The molecule has 0 radical (unpaired) electrons. The minimum absolute atomic E-state index is 0.139. The first-order valence-electron chi connectivity index (χ1n) is 6.46. The average Bonchev–Trinajstić information content (AvgIpc) is 2.87. The van der Waals surface area contributed by atoms with Gasteiger partial charge in [0, 0.05) is 12.2 Å². The maximum atomic E-state index is 5.88. The van der Waals surface area contributed by atoms with Gasteiger partial charge in [0.15, 0.2) is 0 Å². The molecule has 0 bridgehead atoms. The number of benzene rings is 1. The van der Waals surface area contributed by atoms with Crippen molar-refractivity contribution in [3.63, 3.8) is 0 Å². The first kappa shape index (κ1) is 14.1. The monoisotopic (exact) mass is 266 g/mol. The van der Waals surface area contributed by atoms with E-state index in [0.717, 1.165) is 36.5 Å². The van der Waals surface area contributed by atoms with Crippen molar-refractivity contribution >= 4 is 0 Å². The Morgan fingerprint density at radius 2 is 2.16 bits per heavy atom. The fraction of sp³-hybridized carbons (Fsp3) is 0.571. The zero-order valence-corrected chi connectivity index (χ0v) is 11.7. The molecule has 2 atom stereocenters. The number of ether oxygens (including phenoxy) is 3. The molecule has 19 heavy (non-hydrogen) atoms. The van der Waals surface area contributed by atoms with Crippen LogP contribution in [0, 0.1) is 0 Å². The molecule has 1 aromatic carbocycles. The number of nitrogens with two attached hydrogens (primary N) is 1. The normalized spacial score (nSPS) is 24.2. The van der Waals surface area contributed by atoms with Gasteiger partial charge in [0.1, 0.15) is 11.5 Å². The van der Waals surface area contributed by atoms with Gasteiger partial charge >= 0.3 is 0 Å². The van der Waals surface area contributed by atoms with Crippen LogP contribution in [0.4, 0.5) is 0 Å². The van der Waals surface area contributed by atoms with E-state index in [1.54, 1.807) is 14.2 Å². The zero-order chi connectivity index (χ0) is 13.9. The largest absolute Gasteiger partial charge is 0.497 e. The third-order valence-corrected chi connectivity index (χ3v) is 3.77. The molecule has 1 saturated heterocycles. The number of rotatable bonds is 5. The molecular formula is C14H22N2O3. The smallest absolute Gasteiger partial charge is 0.124 e. The van der Waals surface area contributed by atoms with Gasteiger partial charge in [0.05, 0.1) is 25.9 Å². The van der Waals surface area contributed by atoms with Crippen LogP contribution in [0.5, 0.6) is 11.5 Å². The highest BCUT2D eigenvalue weighted by atomic mass is 16.5. The molecule has 5 heteroatoms. The second kappa shape index (κ2) is 5.77. The van der Waals surface area contributed by atoms with E-state index in [1.165, 1.54) is 0 Å². The predicted octanol–water partition coefficient (Wildman–Crippen LogP) is 1.78. The van der Waals surface area contributed by atoms with Crippen LogP contribution in [0.15, 0.2) is 18.2 Å². The lowest BCUT2D eigenvalue weighted by Gasteiger charge is -2.34. The molecule has 1 aliphatic heterocycles. The highest BCUT2D eigenvalue weighted by molar-refractivity contribution is 5.43. The van der Waals surface area contributed by atoms with Crippen LogP contribution in [-0.2, 0) is 4.74 Å². The van der Waals surface area contributed by atoms with E-state index in [9.17, 15) is 0 Å². The Hall–Kier alpha value is -1.30. The van der Waals surface area contributed by atoms with Crippen LogP contribution in [0.1, 0.15) is 31.4 Å². The fourth-order valence-corrected chi connectivity index (χ4v) is 2.69. The summed E-state index contributed by atoms with van der Waals surface area (Å²) in [6.07, 6.45) is 2.00. The van der Waals surface area contributed by atoms with Crippen LogP contribution in [0.2, 0.25) is 0 Å². The molecule has 0 spiro atoms. The van der Waals surface area contributed by atoms with Gasteiger partial charge < -0.3 is 14.2 Å². The third-order valence-electron chi connectivity index (χ3n) is 3.77. The summed E-state index contributed by atoms with van der Waals surface area (Å²) in [6, 6.07) is 5.56. The third kappa shape index (κ3) is 2.68. The second-order valence-corrected chi connectivity index (χ2v) is 4.97. The lowest BCUT2D eigenvalue weighted by atomic mass is 9.87. The van der Waals surface area contributed by atoms with E-state index in [-0.39, 0.29) is 11.6 Å². The Morgan fingerprint density at radius 1 is 1.37 bits per heavy atom. The summed E-state index contributed by atoms with van der Waals surface area (Å²) in [5.74, 6) is 7.31. The zero-order valence-electron chi connectivity index (χ0n) is 11.7. The molecule has 5 nitrogen and oxygen atoms in total. The van der Waals surface area contributed by atoms with Gasteiger partial charge in [-0.2, -0.15) is 0 Å². The molecule has 1 aromatic rings. The van der Waals surface area contributed by atoms with Crippen molar-refractivity contribution in [2.45, 2.75) is 31.4 Å². The van der Waals surface area contributed by atoms with Crippen LogP contribution in [0.3, 0.4) is 0 Å². The van der Waals surface area contributed by atoms with Gasteiger partial charge in [-0.3, -0.25) is 5.84 Å². The van der Waals surface area contributed by atoms with Crippen LogP contribution >= 0.6 is 0 Å². The van der Waals surface area contributed by atoms with Gasteiger partial charge in [-0.25, -0.2) is 5.43 Å². The molecule has 106 valence electrons. The molecule has 0 aliphatic carbocycles. The summed E-state index contributed by atoms with van der Waals surface area (Å²) >= 11 is 0. The summed E-state index contributed by atoms with van der Waals surface area (Å²) in [5, 5.41) is 0. The molecule has 1 fully saturated rings. The average molecular weight is 266 g/mol. The minimum atomic E-state index is -0.325. The van der Waals surface area contributed by atoms with Crippen LogP contribution in [0.25, 0.3) is 0 Å². The molecule has 0 amide bonds. The highest BCUT2D eigenvalue weighted by Gasteiger charge is 2.40. The number of nitrogens with one attached hydrogen (secondary N) is 1. The lowest BCUT2D eigenvalue weighted by Crippen LogP contribution is -2.44. The van der Waals surface area contributed by atoms with E-state index >= 15 is 0 Å². The molecule has 0 saturated carbocycles. The van der Waals surface area contributed by atoms with E-state index in [4.69, 9.17) is 20.1 Å². The Morgan fingerprint density at radius 3 is 2.68 bits per heavy atom. The summed E-state index contributed by atoms with van der Waals surface area (Å²) in [6.45, 7) is 2.84. The topological polar surface area (TPSA) is 65.7 Å². The van der Waals surface area contributed by atoms with E-state index in [2.05, 4.69) is 12.3 Å². The molecule has 2 rings (SSSR count). The second-order valence-electron chi connectivity index (χ2n) is 4.97. The van der Waals surface area contributed by atoms with Crippen molar-refractivity contribution in [2.75, 3.05) is 20.8 Å². The van der Waals surface area contributed by atoms with Crippen molar-refractivity contribution in [3.05, 3.63) is 23.8 Å². The van der Waals surface area contributed by atoms with E-state index < -0.39 is 0 Å². The highest BCUT2D eigenvalue weighted by Crippen LogP contribution is 2.41. The maximum absolute atomic E-state index is 5.88. The van der Waals surface area contributed by atoms with Gasteiger partial charge in [0.2, 0.25) is 0 Å². The fourth-order valence-electron chi connectivity index (χ4n) is 2.69. The molecule has 1 heterocycles. The Bertz CT molecular complexity index is 431. The van der Waals surface area contributed by atoms with Crippen molar-refractivity contribution in [1.82, 2.24) is 5.43 Å². The summed E-state index contributed by atoms with van der Waals surface area (Å²) < 4.78 is 16.6. The molecular weight excluding hydrogens is 244 g/mol. The van der Waals surface area contributed by atoms with Crippen molar-refractivity contribution in [2.24, 2.45) is 5.84 Å². The lowest BCUT2D eigenvalue weighted by molar-refractivity contribution is -0.0131. The first-order chi connectivity index (χ1) is 9.14. The SMILES string of the molecule is COc1ccc(OC)c(C(NN)C2(C)CCCO2)c1. The molecule has 3 N–H and O–H groups in total. The quantitative estimate of drug-likeness (QED) is 0.628. The summed E-state index contributed by atoms with van der Waals surface area (Å²) in [7, 11) is 3.29. The summed E-state index contributed by atoms with van der Waals surface area (Å²) in [4.78, 5) is 0. The van der Waals surface area contributed by atoms with E-state index in [0.29, 0.717) is 0 Å². The number of methoxy groups -OCH3 is 2. The molecule has 2 unspecified atom stereocenters. The maximum Gasteiger partial charge on any atom is 0.124 e.